The molecule has 0 unspecified atom stereocenters. The third-order valence-electron chi connectivity index (χ3n) is 8.93. The van der Waals surface area contributed by atoms with E-state index in [4.69, 9.17) is 14.2 Å². The topological polar surface area (TPSA) is 144 Å². The fourth-order valence-electron chi connectivity index (χ4n) is 6.49. The number of hydrogen-bond donors (Lipinski definition) is 2. The molecule has 5 atom stereocenters. The van der Waals surface area contributed by atoms with E-state index < -0.39 is 65.1 Å². The predicted octanol–water partition coefficient (Wildman–Crippen LogP) is 3.71. The molecule has 1 aromatic rings. The Labute approximate surface area is 268 Å². The Hall–Kier alpha value is -4.16. The molecule has 46 heavy (non-hydrogen) atoms. The number of carbonyl (C=O) groups is 5. The number of esters is 1. The van der Waals surface area contributed by atoms with Crippen LogP contribution in [0.25, 0.3) is 0 Å². The van der Waals surface area contributed by atoms with E-state index >= 15 is 0 Å². The second-order valence-corrected chi connectivity index (χ2v) is 13.5. The average Bonchev–Trinajstić information content (AvgIpc) is 3.29. The summed E-state index contributed by atoms with van der Waals surface area (Å²) in [6, 6.07) is 2.57. The molecular formula is C33H43FN4O8. The Balaban J connectivity index is 1.38. The molecule has 1 saturated carbocycles. The van der Waals surface area contributed by atoms with Crippen LogP contribution in [-0.2, 0) is 41.7 Å². The van der Waals surface area contributed by atoms with Crippen molar-refractivity contribution in [2.75, 3.05) is 13.7 Å². The average molecular weight is 643 g/mol. The number of nitrogens with one attached hydrogen (secondary N) is 2. The normalized spacial score (nSPS) is 28.8. The summed E-state index contributed by atoms with van der Waals surface area (Å²) in [7, 11) is 1.26. The molecule has 0 bridgehead atoms. The Bertz CT molecular complexity index is 1410. The zero-order valence-corrected chi connectivity index (χ0v) is 26.8. The molecule has 0 spiro atoms. The number of ether oxygens (including phenoxy) is 3. The first-order valence-electron chi connectivity index (χ1n) is 15.9. The Morgan fingerprint density at radius 2 is 1.89 bits per heavy atom. The third-order valence-corrected chi connectivity index (χ3v) is 8.93. The van der Waals surface area contributed by atoms with Gasteiger partial charge in [-0.15, -0.1) is 0 Å². The lowest BCUT2D eigenvalue weighted by Crippen LogP contribution is -2.56. The van der Waals surface area contributed by atoms with Crippen LogP contribution in [0.2, 0.25) is 0 Å². The molecule has 4 amide bonds. The third kappa shape index (κ3) is 7.28. The lowest BCUT2D eigenvalue weighted by Gasteiger charge is -2.30. The highest BCUT2D eigenvalue weighted by molar-refractivity contribution is 5.96. The van der Waals surface area contributed by atoms with Crippen molar-refractivity contribution in [2.45, 2.75) is 108 Å². The molecule has 0 aromatic heterocycles. The maximum Gasteiger partial charge on any atom is 0.410 e. The molecule has 0 radical (unpaired) electrons. The van der Waals surface area contributed by atoms with Crippen molar-refractivity contribution < 1.29 is 42.6 Å². The van der Waals surface area contributed by atoms with Crippen molar-refractivity contribution >= 4 is 30.0 Å². The summed E-state index contributed by atoms with van der Waals surface area (Å²) in [6.07, 6.45) is 5.23. The van der Waals surface area contributed by atoms with E-state index in [2.05, 4.69) is 10.6 Å². The number of methoxy groups -OCH3 is 1. The molecule has 4 aliphatic rings. The smallest absolute Gasteiger partial charge is 0.410 e. The molecule has 2 fully saturated rings. The quantitative estimate of drug-likeness (QED) is 0.289. The number of carbonyl (C=O) groups excluding carboxylic acids is 5. The van der Waals surface area contributed by atoms with E-state index in [9.17, 15) is 28.4 Å². The van der Waals surface area contributed by atoms with Gasteiger partial charge in [0, 0.05) is 24.4 Å². The van der Waals surface area contributed by atoms with E-state index in [0.717, 1.165) is 19.3 Å². The molecule has 1 saturated heterocycles. The van der Waals surface area contributed by atoms with Crippen LogP contribution in [0.5, 0.6) is 0 Å². The largest absolute Gasteiger partial charge is 0.467 e. The van der Waals surface area contributed by atoms with Gasteiger partial charge in [0.15, 0.2) is 0 Å². The maximum atomic E-state index is 14.3. The van der Waals surface area contributed by atoms with Gasteiger partial charge in [-0.3, -0.25) is 14.5 Å². The van der Waals surface area contributed by atoms with Gasteiger partial charge in [0.05, 0.1) is 20.2 Å². The highest BCUT2D eigenvalue weighted by Crippen LogP contribution is 2.46. The van der Waals surface area contributed by atoms with Gasteiger partial charge in [-0.25, -0.2) is 18.8 Å². The molecule has 13 heteroatoms. The van der Waals surface area contributed by atoms with E-state index in [1.165, 1.54) is 23.0 Å². The standard InChI is InChI=1S/C33H43FN4O8/c1-32(2,3)46-30(42)35-25-14-9-7-5-6-8-12-21-16-33(21,29(41)44-4)36-27(39)26-15-22(18-38(26)28(25)40)45-31(43)37-17-20-11-10-13-24(34)23(20)19-37/h8,10-13,21-22,25-26H,5-7,9,14-19H2,1-4H3,(H,35,42)(H,36,39)/b12-8-/t21-,22+,25-,26-,33+/m0/s1. The van der Waals surface area contributed by atoms with E-state index in [1.54, 1.807) is 32.9 Å². The predicted molar refractivity (Wildman–Crippen MR) is 162 cm³/mol. The summed E-state index contributed by atoms with van der Waals surface area (Å²) >= 11 is 0. The first kappa shape index (κ1) is 33.2. The minimum atomic E-state index is -1.26. The first-order chi connectivity index (χ1) is 21.8. The number of hydrogen-bond acceptors (Lipinski definition) is 8. The molecule has 250 valence electrons. The van der Waals surface area contributed by atoms with Crippen molar-refractivity contribution in [1.82, 2.24) is 20.4 Å². The van der Waals surface area contributed by atoms with Crippen molar-refractivity contribution in [1.29, 1.82) is 0 Å². The summed E-state index contributed by atoms with van der Waals surface area (Å²) in [5.74, 6) is -2.35. The van der Waals surface area contributed by atoms with E-state index in [-0.39, 0.29) is 32.0 Å². The van der Waals surface area contributed by atoms with Crippen molar-refractivity contribution in [3.8, 4) is 0 Å². The number of benzene rings is 1. The lowest BCUT2D eigenvalue weighted by atomic mass is 10.0. The van der Waals surface area contributed by atoms with Crippen LogP contribution in [0.3, 0.4) is 0 Å². The van der Waals surface area contributed by atoms with Gasteiger partial charge >= 0.3 is 18.2 Å². The van der Waals surface area contributed by atoms with Crippen LogP contribution in [0.1, 0.15) is 76.8 Å². The van der Waals surface area contributed by atoms with Crippen molar-refractivity contribution in [3.63, 3.8) is 0 Å². The number of nitrogens with zero attached hydrogens (tertiary/aromatic N) is 2. The number of amides is 4. The van der Waals surface area contributed by atoms with Crippen molar-refractivity contribution in [2.24, 2.45) is 5.92 Å². The van der Waals surface area contributed by atoms with Gasteiger partial charge in [0.1, 0.15) is 35.1 Å². The second-order valence-electron chi connectivity index (χ2n) is 13.5. The number of halogens is 1. The van der Waals surface area contributed by atoms with Crippen molar-refractivity contribution in [3.05, 3.63) is 47.3 Å². The monoisotopic (exact) mass is 642 g/mol. The van der Waals surface area contributed by atoms with Gasteiger partial charge in [-0.05, 0) is 58.1 Å². The SMILES string of the molecule is COC(=O)[C@@]12C[C@@H]1/C=C\CCCCC[C@H](NC(=O)OC(C)(C)C)C(=O)N1C[C@H](OC(=O)N3Cc4cccc(F)c4C3)C[C@H]1C(=O)N2. The number of allylic oxidation sites excluding steroid dienone is 1. The van der Waals surface area contributed by atoms with E-state index in [0.29, 0.717) is 30.4 Å². The zero-order valence-electron chi connectivity index (χ0n) is 26.8. The minimum absolute atomic E-state index is 0.0324. The molecule has 3 heterocycles. The Morgan fingerprint density at radius 3 is 2.61 bits per heavy atom. The number of alkyl carbamates (subject to hydrolysis) is 1. The molecule has 1 aromatic carbocycles. The highest BCUT2D eigenvalue weighted by Gasteiger charge is 2.62. The van der Waals surface area contributed by atoms with E-state index in [1.807, 2.05) is 12.2 Å². The first-order valence-corrected chi connectivity index (χ1v) is 15.9. The fraction of sp³-hybridized carbons (Fsp3) is 0.606. The number of fused-ring (bicyclic) bond motifs is 3. The van der Waals surface area contributed by atoms with Gasteiger partial charge < -0.3 is 29.7 Å². The zero-order chi connectivity index (χ0) is 33.2. The van der Waals surface area contributed by atoms with Crippen LogP contribution < -0.4 is 10.6 Å². The molecule has 12 nitrogen and oxygen atoms in total. The lowest BCUT2D eigenvalue weighted by molar-refractivity contribution is -0.148. The van der Waals surface area contributed by atoms with Crippen LogP contribution in [0.4, 0.5) is 14.0 Å². The van der Waals surface area contributed by atoms with Crippen LogP contribution >= 0.6 is 0 Å². The van der Waals surface area contributed by atoms with Crippen LogP contribution in [0.15, 0.2) is 30.4 Å². The Morgan fingerprint density at radius 1 is 1.11 bits per heavy atom. The summed E-state index contributed by atoms with van der Waals surface area (Å²) in [4.78, 5) is 69.6. The van der Waals surface area contributed by atoms with Gasteiger partial charge in [0.25, 0.3) is 0 Å². The minimum Gasteiger partial charge on any atom is -0.467 e. The molecule has 3 aliphatic heterocycles. The van der Waals surface area contributed by atoms with Gasteiger partial charge in [-0.1, -0.05) is 37.1 Å². The maximum absolute atomic E-state index is 14.3. The Kier molecular flexibility index (Phi) is 9.59. The fourth-order valence-corrected chi connectivity index (χ4v) is 6.49. The molecule has 5 rings (SSSR count). The summed E-state index contributed by atoms with van der Waals surface area (Å²) in [5, 5.41) is 5.54. The summed E-state index contributed by atoms with van der Waals surface area (Å²) in [5.41, 5.74) is -0.950. The molecule has 1 aliphatic carbocycles. The van der Waals surface area contributed by atoms with Crippen LogP contribution in [-0.4, -0.2) is 82.8 Å². The molecule has 2 N–H and O–H groups in total. The van der Waals surface area contributed by atoms with Gasteiger partial charge in [-0.2, -0.15) is 0 Å². The number of rotatable bonds is 3. The van der Waals surface area contributed by atoms with Crippen LogP contribution in [0, 0.1) is 11.7 Å². The summed E-state index contributed by atoms with van der Waals surface area (Å²) in [6.45, 7) is 5.25. The highest BCUT2D eigenvalue weighted by atomic mass is 19.1. The summed E-state index contributed by atoms with van der Waals surface area (Å²) < 4.78 is 30.6. The molecular weight excluding hydrogens is 599 g/mol. The second kappa shape index (κ2) is 13.3. The van der Waals surface area contributed by atoms with Gasteiger partial charge in [0.2, 0.25) is 11.8 Å².